The molecule has 0 aliphatic rings. The van der Waals surface area contributed by atoms with Gasteiger partial charge in [-0.15, -0.1) is 0 Å². The second-order valence-electron chi connectivity index (χ2n) is 4.90. The highest BCUT2D eigenvalue weighted by Crippen LogP contribution is 2.11. The molecule has 0 aromatic carbocycles. The van der Waals surface area contributed by atoms with E-state index in [-0.39, 0.29) is 6.42 Å². The summed E-state index contributed by atoms with van der Waals surface area (Å²) in [5, 5.41) is 10.2. The molecule has 0 amide bonds. The first kappa shape index (κ1) is 16.4. The summed E-state index contributed by atoms with van der Waals surface area (Å²) >= 11 is 0. The predicted octanol–water partition coefficient (Wildman–Crippen LogP) is 1.95. The third-order valence-corrected chi connectivity index (χ3v) is 4.03. The third kappa shape index (κ3) is 7.37. The molecule has 0 unspecified atom stereocenters. The van der Waals surface area contributed by atoms with Gasteiger partial charge >= 0.3 is 0 Å². The van der Waals surface area contributed by atoms with Crippen molar-refractivity contribution in [3.63, 3.8) is 0 Å². The lowest BCUT2D eigenvalue weighted by Crippen LogP contribution is -2.48. The quantitative estimate of drug-likeness (QED) is 0.411. The number of aliphatic carboxylic acids is 1. The van der Waals surface area contributed by atoms with Crippen LogP contribution in [0.5, 0.6) is 0 Å². The molecular formula is C14H29NO2. The summed E-state index contributed by atoms with van der Waals surface area (Å²) in [5.74, 6) is -0.913. The van der Waals surface area contributed by atoms with E-state index in [0.717, 1.165) is 19.3 Å². The smallest absolute Gasteiger partial charge is 0.0786 e. The standard InChI is InChI=1S/C14H29NO2/c1-4-15(5-2,6-3)13-11-9-7-8-10-12-14(16)17/h4-13H2,1-3H3. The van der Waals surface area contributed by atoms with Crippen LogP contribution in [0, 0.1) is 0 Å². The van der Waals surface area contributed by atoms with Crippen LogP contribution in [0.4, 0.5) is 0 Å². The molecule has 0 aromatic heterocycles. The molecule has 0 aromatic rings. The Morgan fingerprint density at radius 1 is 0.882 bits per heavy atom. The Balaban J connectivity index is 3.52. The maximum atomic E-state index is 10.2. The highest BCUT2D eigenvalue weighted by molar-refractivity contribution is 5.63. The topological polar surface area (TPSA) is 40.1 Å². The fraction of sp³-hybridized carbons (Fsp3) is 0.929. The van der Waals surface area contributed by atoms with E-state index >= 15 is 0 Å². The highest BCUT2D eigenvalue weighted by Gasteiger charge is 2.19. The van der Waals surface area contributed by atoms with Gasteiger partial charge in [0.05, 0.1) is 26.2 Å². The van der Waals surface area contributed by atoms with E-state index in [9.17, 15) is 9.90 Å². The average molecular weight is 243 g/mol. The van der Waals surface area contributed by atoms with Crippen LogP contribution < -0.4 is 5.11 Å². The van der Waals surface area contributed by atoms with Crippen LogP contribution in [0.1, 0.15) is 59.3 Å². The van der Waals surface area contributed by atoms with Crippen molar-refractivity contribution in [3.8, 4) is 0 Å². The molecule has 0 saturated carbocycles. The molecule has 0 heterocycles. The minimum Gasteiger partial charge on any atom is -0.550 e. The van der Waals surface area contributed by atoms with Crippen molar-refractivity contribution in [2.75, 3.05) is 26.2 Å². The van der Waals surface area contributed by atoms with E-state index in [1.807, 2.05) is 0 Å². The first-order chi connectivity index (χ1) is 8.10. The van der Waals surface area contributed by atoms with Crippen LogP contribution in [0.15, 0.2) is 0 Å². The molecule has 0 N–H and O–H groups in total. The number of carbonyl (C=O) groups excluding carboxylic acids is 1. The summed E-state index contributed by atoms with van der Waals surface area (Å²) in [6, 6.07) is 0. The van der Waals surface area contributed by atoms with Crippen LogP contribution >= 0.6 is 0 Å². The van der Waals surface area contributed by atoms with E-state index in [1.54, 1.807) is 0 Å². The Morgan fingerprint density at radius 2 is 1.35 bits per heavy atom. The number of carboxylic acid groups (broad SMARTS) is 1. The second-order valence-corrected chi connectivity index (χ2v) is 4.90. The maximum Gasteiger partial charge on any atom is 0.0786 e. The predicted molar refractivity (Wildman–Crippen MR) is 69.5 cm³/mol. The van der Waals surface area contributed by atoms with Gasteiger partial charge in [0.1, 0.15) is 0 Å². The average Bonchev–Trinajstić information content (AvgIpc) is 2.33. The van der Waals surface area contributed by atoms with Crippen molar-refractivity contribution in [1.29, 1.82) is 0 Å². The van der Waals surface area contributed by atoms with Crippen LogP contribution in [0.3, 0.4) is 0 Å². The summed E-state index contributed by atoms with van der Waals surface area (Å²) in [4.78, 5) is 10.2. The Labute approximate surface area is 106 Å². The van der Waals surface area contributed by atoms with Gasteiger partial charge in [0, 0.05) is 5.97 Å². The minimum atomic E-state index is -0.913. The zero-order valence-corrected chi connectivity index (χ0v) is 11.8. The summed E-state index contributed by atoms with van der Waals surface area (Å²) in [6.45, 7) is 11.7. The molecule has 0 atom stereocenters. The summed E-state index contributed by atoms with van der Waals surface area (Å²) in [6.07, 6.45) is 5.67. The van der Waals surface area contributed by atoms with E-state index < -0.39 is 5.97 Å². The minimum absolute atomic E-state index is 0.221. The monoisotopic (exact) mass is 243 g/mol. The number of rotatable bonds is 11. The molecular weight excluding hydrogens is 214 g/mol. The van der Waals surface area contributed by atoms with Crippen LogP contribution in [-0.2, 0) is 4.79 Å². The molecule has 0 aliphatic heterocycles. The largest absolute Gasteiger partial charge is 0.550 e. The molecule has 102 valence electrons. The first-order valence-corrected chi connectivity index (χ1v) is 7.15. The van der Waals surface area contributed by atoms with E-state index in [0.29, 0.717) is 0 Å². The van der Waals surface area contributed by atoms with Gasteiger partial charge in [-0.1, -0.05) is 12.8 Å². The number of unbranched alkanes of at least 4 members (excludes halogenated alkanes) is 4. The molecule has 0 aliphatic carbocycles. The lowest BCUT2D eigenvalue weighted by atomic mass is 10.1. The fourth-order valence-electron chi connectivity index (χ4n) is 2.39. The van der Waals surface area contributed by atoms with Crippen LogP contribution in [0.2, 0.25) is 0 Å². The van der Waals surface area contributed by atoms with Crippen molar-refractivity contribution in [1.82, 2.24) is 0 Å². The van der Waals surface area contributed by atoms with E-state index in [2.05, 4.69) is 20.8 Å². The molecule has 3 heteroatoms. The van der Waals surface area contributed by atoms with Gasteiger partial charge < -0.3 is 14.4 Å². The zero-order valence-electron chi connectivity index (χ0n) is 11.8. The molecule has 0 radical (unpaired) electrons. The Morgan fingerprint density at radius 3 is 1.82 bits per heavy atom. The SMILES string of the molecule is CC[N+](CC)(CC)CCCCCCCC(=O)[O-]. The molecule has 0 fully saturated rings. The summed E-state index contributed by atoms with van der Waals surface area (Å²) < 4.78 is 1.22. The number of carbonyl (C=O) groups is 1. The number of carboxylic acids is 1. The van der Waals surface area contributed by atoms with Crippen molar-refractivity contribution in [2.45, 2.75) is 59.3 Å². The van der Waals surface area contributed by atoms with Crippen molar-refractivity contribution < 1.29 is 14.4 Å². The Kier molecular flexibility index (Phi) is 9.14. The van der Waals surface area contributed by atoms with Gasteiger partial charge in [-0.3, -0.25) is 0 Å². The Hall–Kier alpha value is -0.570. The second kappa shape index (κ2) is 9.46. The maximum absolute atomic E-state index is 10.2. The number of nitrogens with zero attached hydrogens (tertiary/aromatic N) is 1. The molecule has 3 nitrogen and oxygen atoms in total. The van der Waals surface area contributed by atoms with E-state index in [1.165, 1.54) is 43.5 Å². The fourth-order valence-corrected chi connectivity index (χ4v) is 2.39. The molecule has 0 saturated heterocycles. The van der Waals surface area contributed by atoms with Crippen molar-refractivity contribution >= 4 is 5.97 Å². The van der Waals surface area contributed by atoms with E-state index in [4.69, 9.17) is 0 Å². The number of hydrogen-bond donors (Lipinski definition) is 0. The lowest BCUT2D eigenvalue weighted by molar-refractivity contribution is -0.923. The van der Waals surface area contributed by atoms with Gasteiger partial charge in [-0.25, -0.2) is 0 Å². The van der Waals surface area contributed by atoms with Crippen LogP contribution in [-0.4, -0.2) is 36.6 Å². The van der Waals surface area contributed by atoms with Gasteiger partial charge in [0.2, 0.25) is 0 Å². The zero-order chi connectivity index (χ0) is 13.1. The summed E-state index contributed by atoms with van der Waals surface area (Å²) in [5.41, 5.74) is 0. The first-order valence-electron chi connectivity index (χ1n) is 7.15. The highest BCUT2D eigenvalue weighted by atomic mass is 16.4. The molecule has 0 rings (SSSR count). The Bertz CT molecular complexity index is 192. The van der Waals surface area contributed by atoms with Gasteiger partial charge in [-0.05, 0) is 46.5 Å². The van der Waals surface area contributed by atoms with Crippen LogP contribution in [0.25, 0.3) is 0 Å². The normalized spacial score (nSPS) is 11.7. The van der Waals surface area contributed by atoms with Gasteiger partial charge in [-0.2, -0.15) is 0 Å². The number of quaternary nitrogens is 1. The third-order valence-electron chi connectivity index (χ3n) is 4.03. The number of hydrogen-bond acceptors (Lipinski definition) is 2. The van der Waals surface area contributed by atoms with Gasteiger partial charge in [0.25, 0.3) is 0 Å². The van der Waals surface area contributed by atoms with Crippen molar-refractivity contribution in [2.24, 2.45) is 0 Å². The lowest BCUT2D eigenvalue weighted by Gasteiger charge is -2.35. The molecule has 17 heavy (non-hydrogen) atoms. The summed E-state index contributed by atoms with van der Waals surface area (Å²) in [7, 11) is 0. The van der Waals surface area contributed by atoms with Crippen molar-refractivity contribution in [3.05, 3.63) is 0 Å². The molecule has 0 bridgehead atoms. The molecule has 0 spiro atoms. The van der Waals surface area contributed by atoms with Gasteiger partial charge in [0.15, 0.2) is 0 Å².